The molecule has 0 fully saturated rings. The van der Waals surface area contributed by atoms with Gasteiger partial charge in [0.1, 0.15) is 12.3 Å². The monoisotopic (exact) mass is 611 g/mol. The summed E-state index contributed by atoms with van der Waals surface area (Å²) in [7, 11) is -6.95. The van der Waals surface area contributed by atoms with Crippen molar-refractivity contribution in [3.8, 4) is 5.75 Å². The zero-order valence-corrected chi connectivity index (χ0v) is 23.9. The average Bonchev–Trinajstić information content (AvgIpc) is 2.96. The van der Waals surface area contributed by atoms with Crippen molar-refractivity contribution in [2.24, 2.45) is 0 Å². The zero-order valence-electron chi connectivity index (χ0n) is 22.3. The van der Waals surface area contributed by atoms with Crippen molar-refractivity contribution in [3.63, 3.8) is 0 Å². The molecular weight excluding hydrogens is 586 g/mol. The highest BCUT2D eigenvalue weighted by Crippen LogP contribution is 2.29. The Morgan fingerprint density at radius 3 is 2.21 bits per heavy atom. The van der Waals surface area contributed by atoms with Crippen LogP contribution in [0.15, 0.2) is 101 Å². The van der Waals surface area contributed by atoms with Crippen LogP contribution < -0.4 is 19.1 Å². The number of amides is 1. The van der Waals surface area contributed by atoms with Gasteiger partial charge in [-0.05, 0) is 73.7 Å². The Kier molecular flexibility index (Phi) is 8.73. The maximum absolute atomic E-state index is 13.7. The fraction of sp³-hybridized carbons (Fsp3) is 0.111. The number of nitrogens with one attached hydrogen (secondary N) is 2. The van der Waals surface area contributed by atoms with Crippen LogP contribution in [-0.2, 0) is 24.8 Å². The van der Waals surface area contributed by atoms with Crippen LogP contribution in [0.5, 0.6) is 5.75 Å². The van der Waals surface area contributed by atoms with Gasteiger partial charge in [0.25, 0.3) is 25.7 Å². The molecule has 0 bridgehead atoms. The van der Waals surface area contributed by atoms with Crippen molar-refractivity contribution in [1.82, 2.24) is 4.98 Å². The van der Waals surface area contributed by atoms with Crippen molar-refractivity contribution in [2.45, 2.75) is 16.7 Å². The van der Waals surface area contributed by atoms with Crippen molar-refractivity contribution >= 4 is 48.7 Å². The van der Waals surface area contributed by atoms with Gasteiger partial charge in [0.2, 0.25) is 5.91 Å². The molecule has 218 valence electrons. The molecule has 0 saturated heterocycles. The number of sulfonamides is 2. The number of aromatic nitrogens is 1. The molecule has 15 heteroatoms. The Hall–Kier alpha value is -5.02. The Morgan fingerprint density at radius 2 is 1.62 bits per heavy atom. The first-order chi connectivity index (χ1) is 19.9. The van der Waals surface area contributed by atoms with Crippen LogP contribution in [-0.4, -0.2) is 46.3 Å². The van der Waals surface area contributed by atoms with Gasteiger partial charge in [-0.3, -0.25) is 28.9 Å². The van der Waals surface area contributed by atoms with E-state index < -0.39 is 37.4 Å². The highest BCUT2D eigenvalue weighted by atomic mass is 32.2. The van der Waals surface area contributed by atoms with Gasteiger partial charge in [0, 0.05) is 23.5 Å². The molecule has 0 unspecified atom stereocenters. The smallest absolute Gasteiger partial charge is 0.273 e. The molecule has 1 heterocycles. The van der Waals surface area contributed by atoms with E-state index in [4.69, 9.17) is 4.74 Å². The quantitative estimate of drug-likeness (QED) is 0.188. The Balaban J connectivity index is 1.58. The minimum absolute atomic E-state index is 0.0762. The summed E-state index contributed by atoms with van der Waals surface area (Å²) in [6.45, 7) is 0.785. The number of hydrogen-bond acceptors (Lipinski definition) is 9. The standard InChI is InChI=1S/C27H25N5O8S2/c1-19-5-12-25(16-26(19)32(34)35)42(38,39)31(22-8-10-23(40-2)11-9-22)18-27(33)29-20-6-13-24(14-7-20)41(36,37)30-21-4-3-15-28-17-21/h3-17,30H,18H2,1-2H3,(H,29,33). The van der Waals surface area contributed by atoms with Crippen molar-refractivity contribution in [2.75, 3.05) is 28.0 Å². The maximum atomic E-state index is 13.7. The van der Waals surface area contributed by atoms with E-state index >= 15 is 0 Å². The van der Waals surface area contributed by atoms with Crippen LogP contribution in [0, 0.1) is 17.0 Å². The Labute approximate surface area is 242 Å². The molecule has 0 aliphatic rings. The van der Waals surface area contributed by atoms with Crippen molar-refractivity contribution in [3.05, 3.63) is 107 Å². The molecule has 0 radical (unpaired) electrons. The molecule has 1 amide bonds. The number of aryl methyl sites for hydroxylation is 1. The molecular formula is C27H25N5O8S2. The van der Waals surface area contributed by atoms with Crippen molar-refractivity contribution in [1.29, 1.82) is 0 Å². The van der Waals surface area contributed by atoms with Gasteiger partial charge in [-0.2, -0.15) is 0 Å². The van der Waals surface area contributed by atoms with Gasteiger partial charge in [0.05, 0.1) is 39.4 Å². The largest absolute Gasteiger partial charge is 0.497 e. The summed E-state index contributed by atoms with van der Waals surface area (Å²) in [6, 6.07) is 17.7. The van der Waals surface area contributed by atoms with Gasteiger partial charge in [-0.25, -0.2) is 16.8 Å². The van der Waals surface area contributed by atoms with E-state index in [0.29, 0.717) is 5.75 Å². The van der Waals surface area contributed by atoms with E-state index in [1.54, 1.807) is 6.07 Å². The highest BCUT2D eigenvalue weighted by Gasteiger charge is 2.29. The second-order valence-corrected chi connectivity index (χ2v) is 12.4. The van der Waals surface area contributed by atoms with Gasteiger partial charge in [-0.1, -0.05) is 6.07 Å². The van der Waals surface area contributed by atoms with Crippen LogP contribution in [0.3, 0.4) is 0 Å². The number of nitrogens with zero attached hydrogens (tertiary/aromatic N) is 3. The number of anilines is 3. The predicted molar refractivity (Wildman–Crippen MR) is 155 cm³/mol. The molecule has 0 saturated carbocycles. The summed E-state index contributed by atoms with van der Waals surface area (Å²) in [5, 5.41) is 14.0. The van der Waals surface area contributed by atoms with E-state index in [9.17, 15) is 31.7 Å². The van der Waals surface area contributed by atoms with Gasteiger partial charge >= 0.3 is 0 Å². The van der Waals surface area contributed by atoms with Crippen LogP contribution in [0.1, 0.15) is 5.56 Å². The molecule has 13 nitrogen and oxygen atoms in total. The lowest BCUT2D eigenvalue weighted by Gasteiger charge is -2.24. The molecule has 0 aliphatic heterocycles. The normalized spacial score (nSPS) is 11.4. The number of nitro benzene ring substituents is 1. The second kappa shape index (κ2) is 12.2. The number of pyridine rings is 1. The van der Waals surface area contributed by atoms with Gasteiger partial charge in [-0.15, -0.1) is 0 Å². The Bertz CT molecular complexity index is 1820. The summed E-state index contributed by atoms with van der Waals surface area (Å²) in [6.07, 6.45) is 2.85. The summed E-state index contributed by atoms with van der Waals surface area (Å²) in [5.74, 6) is -0.306. The Morgan fingerprint density at radius 1 is 0.952 bits per heavy atom. The maximum Gasteiger partial charge on any atom is 0.273 e. The van der Waals surface area contributed by atoms with Gasteiger partial charge in [0.15, 0.2) is 0 Å². The third kappa shape index (κ3) is 6.82. The summed E-state index contributed by atoms with van der Waals surface area (Å²) >= 11 is 0. The fourth-order valence-electron chi connectivity index (χ4n) is 3.82. The van der Waals surface area contributed by atoms with E-state index in [-0.39, 0.29) is 38.1 Å². The molecule has 1 aromatic heterocycles. The highest BCUT2D eigenvalue weighted by molar-refractivity contribution is 7.93. The summed E-state index contributed by atoms with van der Waals surface area (Å²) in [4.78, 5) is 27.2. The average molecular weight is 612 g/mol. The topological polar surface area (TPSA) is 178 Å². The number of hydrogen-bond donors (Lipinski definition) is 2. The number of rotatable bonds is 11. The van der Waals surface area contributed by atoms with E-state index in [1.165, 1.54) is 93.2 Å². The number of nitro groups is 1. The molecule has 3 aromatic carbocycles. The molecule has 42 heavy (non-hydrogen) atoms. The first-order valence-electron chi connectivity index (χ1n) is 12.2. The summed E-state index contributed by atoms with van der Waals surface area (Å²) < 4.78 is 61.0. The van der Waals surface area contributed by atoms with E-state index in [1.807, 2.05) is 0 Å². The summed E-state index contributed by atoms with van der Waals surface area (Å²) in [5.41, 5.74) is 0.473. The lowest BCUT2D eigenvalue weighted by atomic mass is 10.2. The van der Waals surface area contributed by atoms with E-state index in [0.717, 1.165) is 10.4 Å². The molecule has 0 spiro atoms. The minimum atomic E-state index is -4.46. The number of carbonyl (C=O) groups is 1. The number of benzene rings is 3. The van der Waals surface area contributed by atoms with Crippen LogP contribution in [0.2, 0.25) is 0 Å². The third-order valence-electron chi connectivity index (χ3n) is 5.98. The molecule has 4 aromatic rings. The lowest BCUT2D eigenvalue weighted by Crippen LogP contribution is -2.38. The molecule has 0 aliphatic carbocycles. The molecule has 4 rings (SSSR count). The SMILES string of the molecule is COc1ccc(N(CC(=O)Nc2ccc(S(=O)(=O)Nc3cccnc3)cc2)S(=O)(=O)c2ccc(C)c([N+](=O)[O-])c2)cc1. The molecule has 2 N–H and O–H groups in total. The number of carbonyl (C=O) groups excluding carboxylic acids is 1. The minimum Gasteiger partial charge on any atom is -0.497 e. The van der Waals surface area contributed by atoms with Crippen LogP contribution in [0.4, 0.5) is 22.7 Å². The third-order valence-corrected chi connectivity index (χ3v) is 9.14. The zero-order chi connectivity index (χ0) is 30.5. The fourth-order valence-corrected chi connectivity index (χ4v) is 6.31. The predicted octanol–water partition coefficient (Wildman–Crippen LogP) is 3.94. The van der Waals surface area contributed by atoms with Crippen LogP contribution in [0.25, 0.3) is 0 Å². The number of methoxy groups -OCH3 is 1. The van der Waals surface area contributed by atoms with Gasteiger partial charge < -0.3 is 10.1 Å². The lowest BCUT2D eigenvalue weighted by molar-refractivity contribution is -0.385. The number of ether oxygens (including phenoxy) is 1. The van der Waals surface area contributed by atoms with E-state index in [2.05, 4.69) is 15.0 Å². The van der Waals surface area contributed by atoms with Crippen LogP contribution >= 0.6 is 0 Å². The molecule has 0 atom stereocenters. The van der Waals surface area contributed by atoms with Crippen molar-refractivity contribution < 1.29 is 31.3 Å². The first-order valence-corrected chi connectivity index (χ1v) is 15.1. The second-order valence-electron chi connectivity index (χ2n) is 8.83. The first kappa shape index (κ1) is 30.0.